The monoisotopic (exact) mass is 291 g/mol. The molecule has 1 aromatic rings. The zero-order valence-electron chi connectivity index (χ0n) is 11.7. The maximum Gasteiger partial charge on any atom is 0.237 e. The summed E-state index contributed by atoms with van der Waals surface area (Å²) in [6, 6.07) is 2.17. The first kappa shape index (κ1) is 12.8. The first-order valence-electron chi connectivity index (χ1n) is 7.55. The lowest BCUT2D eigenvalue weighted by molar-refractivity contribution is -0.133. The Hall–Kier alpha value is -0.910. The van der Waals surface area contributed by atoms with Crippen LogP contribution >= 0.6 is 11.3 Å². The normalized spacial score (nSPS) is 29.5. The van der Waals surface area contributed by atoms with E-state index in [4.69, 9.17) is 0 Å². The SMILES string of the molecule is O=C(CN1C[C@H]2CNC[C@H]2C1)N1CCc2sccc2C1. The minimum atomic E-state index is 0.315. The maximum absolute atomic E-state index is 12.5. The van der Waals surface area contributed by atoms with E-state index in [1.807, 2.05) is 16.2 Å². The first-order chi connectivity index (χ1) is 9.79. The van der Waals surface area contributed by atoms with Crippen LogP contribution in [0.2, 0.25) is 0 Å². The van der Waals surface area contributed by atoms with Crippen LogP contribution < -0.4 is 5.32 Å². The Bertz CT molecular complexity index is 503. The summed E-state index contributed by atoms with van der Waals surface area (Å²) in [7, 11) is 0. The highest BCUT2D eigenvalue weighted by molar-refractivity contribution is 7.10. The molecular formula is C15H21N3OS. The van der Waals surface area contributed by atoms with E-state index in [9.17, 15) is 4.79 Å². The fourth-order valence-corrected chi connectivity index (χ4v) is 4.72. The average molecular weight is 291 g/mol. The van der Waals surface area contributed by atoms with Gasteiger partial charge >= 0.3 is 0 Å². The van der Waals surface area contributed by atoms with Crippen LogP contribution in [-0.2, 0) is 17.8 Å². The summed E-state index contributed by atoms with van der Waals surface area (Å²) in [6.45, 7) is 6.80. The van der Waals surface area contributed by atoms with Gasteiger partial charge in [-0.25, -0.2) is 0 Å². The van der Waals surface area contributed by atoms with Crippen LogP contribution in [0.5, 0.6) is 0 Å². The largest absolute Gasteiger partial charge is 0.337 e. The molecule has 0 radical (unpaired) electrons. The molecule has 2 atom stereocenters. The highest BCUT2D eigenvalue weighted by Gasteiger charge is 2.37. The zero-order chi connectivity index (χ0) is 13.5. The van der Waals surface area contributed by atoms with Crippen LogP contribution in [-0.4, -0.2) is 55.0 Å². The molecule has 0 spiro atoms. The van der Waals surface area contributed by atoms with Crippen LogP contribution in [0.1, 0.15) is 10.4 Å². The summed E-state index contributed by atoms with van der Waals surface area (Å²) >= 11 is 1.83. The van der Waals surface area contributed by atoms with Crippen LogP contribution in [0.3, 0.4) is 0 Å². The Labute approximate surface area is 123 Å². The number of thiophene rings is 1. The molecule has 0 aliphatic carbocycles. The highest BCUT2D eigenvalue weighted by Crippen LogP contribution is 2.27. The van der Waals surface area contributed by atoms with E-state index in [2.05, 4.69) is 21.7 Å². The lowest BCUT2D eigenvalue weighted by Crippen LogP contribution is -2.42. The predicted molar refractivity (Wildman–Crippen MR) is 79.7 cm³/mol. The molecule has 1 N–H and O–H groups in total. The molecule has 2 fully saturated rings. The molecule has 108 valence electrons. The number of fused-ring (bicyclic) bond motifs is 2. The van der Waals surface area contributed by atoms with Gasteiger partial charge in [0.2, 0.25) is 5.91 Å². The van der Waals surface area contributed by atoms with E-state index in [0.717, 1.165) is 57.5 Å². The van der Waals surface area contributed by atoms with Crippen molar-refractivity contribution in [2.75, 3.05) is 39.3 Å². The summed E-state index contributed by atoms with van der Waals surface area (Å²) in [4.78, 5) is 18.4. The zero-order valence-corrected chi connectivity index (χ0v) is 12.5. The number of hydrogen-bond donors (Lipinski definition) is 1. The number of hydrogen-bond acceptors (Lipinski definition) is 4. The second kappa shape index (κ2) is 5.13. The third-order valence-corrected chi connectivity index (χ3v) is 6.01. The summed E-state index contributed by atoms with van der Waals surface area (Å²) < 4.78 is 0. The summed E-state index contributed by atoms with van der Waals surface area (Å²) in [5, 5.41) is 5.59. The summed E-state index contributed by atoms with van der Waals surface area (Å²) in [6.07, 6.45) is 1.04. The number of nitrogens with one attached hydrogen (secondary N) is 1. The third-order valence-electron chi connectivity index (χ3n) is 4.98. The Morgan fingerprint density at radius 2 is 2.15 bits per heavy atom. The number of rotatable bonds is 2. The Morgan fingerprint density at radius 3 is 2.95 bits per heavy atom. The molecule has 0 bridgehead atoms. The molecule has 3 aliphatic rings. The van der Waals surface area contributed by atoms with Crippen molar-refractivity contribution < 1.29 is 4.79 Å². The molecule has 0 aromatic carbocycles. The smallest absolute Gasteiger partial charge is 0.237 e. The summed E-state index contributed by atoms with van der Waals surface area (Å²) in [5.74, 6) is 1.86. The molecule has 1 aromatic heterocycles. The van der Waals surface area contributed by atoms with Crippen LogP contribution in [0.4, 0.5) is 0 Å². The molecule has 4 heterocycles. The Kier molecular flexibility index (Phi) is 3.28. The molecule has 5 heteroatoms. The molecule has 0 unspecified atom stereocenters. The van der Waals surface area contributed by atoms with E-state index in [1.54, 1.807) is 0 Å². The van der Waals surface area contributed by atoms with Gasteiger partial charge in [0.1, 0.15) is 0 Å². The third kappa shape index (κ3) is 2.28. The second-order valence-corrected chi connectivity index (χ2v) is 7.31. The highest BCUT2D eigenvalue weighted by atomic mass is 32.1. The van der Waals surface area contributed by atoms with Crippen LogP contribution in [0.25, 0.3) is 0 Å². The molecule has 0 saturated carbocycles. The average Bonchev–Trinajstić information content (AvgIpc) is 3.11. The van der Waals surface area contributed by atoms with Gasteiger partial charge in [-0.2, -0.15) is 0 Å². The Morgan fingerprint density at radius 1 is 1.35 bits per heavy atom. The molecule has 3 aliphatic heterocycles. The van der Waals surface area contributed by atoms with E-state index >= 15 is 0 Å². The number of carbonyl (C=O) groups excluding carboxylic acids is 1. The summed E-state index contributed by atoms with van der Waals surface area (Å²) in [5.41, 5.74) is 1.36. The van der Waals surface area contributed by atoms with E-state index in [0.29, 0.717) is 12.5 Å². The number of nitrogens with zero attached hydrogens (tertiary/aromatic N) is 2. The number of amides is 1. The van der Waals surface area contributed by atoms with Crippen molar-refractivity contribution in [3.8, 4) is 0 Å². The first-order valence-corrected chi connectivity index (χ1v) is 8.43. The van der Waals surface area contributed by atoms with Gasteiger partial charge in [-0.05, 0) is 48.4 Å². The molecule has 20 heavy (non-hydrogen) atoms. The van der Waals surface area contributed by atoms with E-state index in [-0.39, 0.29) is 0 Å². The minimum absolute atomic E-state index is 0.315. The molecule has 4 rings (SSSR count). The van der Waals surface area contributed by atoms with Crippen molar-refractivity contribution in [1.82, 2.24) is 15.1 Å². The van der Waals surface area contributed by atoms with Gasteiger partial charge in [0.15, 0.2) is 0 Å². The van der Waals surface area contributed by atoms with E-state index in [1.165, 1.54) is 10.4 Å². The fraction of sp³-hybridized carbons (Fsp3) is 0.667. The van der Waals surface area contributed by atoms with E-state index < -0.39 is 0 Å². The maximum atomic E-state index is 12.5. The van der Waals surface area contributed by atoms with Crippen molar-refractivity contribution in [3.63, 3.8) is 0 Å². The van der Waals surface area contributed by atoms with Crippen molar-refractivity contribution >= 4 is 17.2 Å². The number of likely N-dealkylation sites (tertiary alicyclic amines) is 1. The van der Waals surface area contributed by atoms with Crippen LogP contribution in [0.15, 0.2) is 11.4 Å². The van der Waals surface area contributed by atoms with Gasteiger partial charge in [0, 0.05) is 31.1 Å². The predicted octanol–water partition coefficient (Wildman–Crippen LogP) is 0.784. The van der Waals surface area contributed by atoms with Crippen molar-refractivity contribution in [2.24, 2.45) is 11.8 Å². The fourth-order valence-electron chi connectivity index (χ4n) is 3.83. The van der Waals surface area contributed by atoms with Gasteiger partial charge in [-0.15, -0.1) is 11.3 Å². The molecule has 1 amide bonds. The van der Waals surface area contributed by atoms with Crippen LogP contribution in [0, 0.1) is 11.8 Å². The lowest BCUT2D eigenvalue weighted by atomic mass is 10.0. The van der Waals surface area contributed by atoms with Gasteiger partial charge in [-0.1, -0.05) is 0 Å². The van der Waals surface area contributed by atoms with Gasteiger partial charge < -0.3 is 10.2 Å². The van der Waals surface area contributed by atoms with Gasteiger partial charge in [-0.3, -0.25) is 9.69 Å². The second-order valence-electron chi connectivity index (χ2n) is 6.31. The number of carbonyl (C=O) groups is 1. The molecular weight excluding hydrogens is 270 g/mol. The standard InChI is InChI=1S/C15H21N3OS/c19-15(10-17-7-12-5-16-6-13(12)8-17)18-3-1-14-11(9-18)2-4-20-14/h2,4,12-13,16H,1,3,5-10H2/t12-,13+. The van der Waals surface area contributed by atoms with Crippen molar-refractivity contribution in [3.05, 3.63) is 21.9 Å². The quantitative estimate of drug-likeness (QED) is 0.875. The minimum Gasteiger partial charge on any atom is -0.337 e. The Balaban J connectivity index is 1.35. The van der Waals surface area contributed by atoms with Crippen molar-refractivity contribution in [2.45, 2.75) is 13.0 Å². The molecule has 2 saturated heterocycles. The molecule has 4 nitrogen and oxygen atoms in total. The van der Waals surface area contributed by atoms with Crippen molar-refractivity contribution in [1.29, 1.82) is 0 Å². The van der Waals surface area contributed by atoms with Gasteiger partial charge in [0.05, 0.1) is 6.54 Å². The lowest BCUT2D eigenvalue weighted by Gasteiger charge is -2.29. The topological polar surface area (TPSA) is 35.6 Å². The van der Waals surface area contributed by atoms with Gasteiger partial charge in [0.25, 0.3) is 0 Å².